The van der Waals surface area contributed by atoms with Gasteiger partial charge in [0, 0.05) is 7.05 Å². The van der Waals surface area contributed by atoms with Gasteiger partial charge in [-0.25, -0.2) is 0 Å². The SMILES string of the molecule is CCc1ccsc1C(=O)N(C)C(C)CO. The molecule has 1 N–H and O–H groups in total. The maximum Gasteiger partial charge on any atom is 0.264 e. The molecule has 3 nitrogen and oxygen atoms in total. The smallest absolute Gasteiger partial charge is 0.264 e. The van der Waals surface area contributed by atoms with E-state index in [-0.39, 0.29) is 18.6 Å². The maximum atomic E-state index is 12.0. The summed E-state index contributed by atoms with van der Waals surface area (Å²) in [7, 11) is 1.72. The van der Waals surface area contributed by atoms with Gasteiger partial charge in [-0.3, -0.25) is 4.79 Å². The van der Waals surface area contributed by atoms with E-state index in [1.54, 1.807) is 11.9 Å². The van der Waals surface area contributed by atoms with E-state index < -0.39 is 0 Å². The van der Waals surface area contributed by atoms with Gasteiger partial charge < -0.3 is 10.0 Å². The van der Waals surface area contributed by atoms with Crippen molar-refractivity contribution >= 4 is 17.2 Å². The number of hydrogen-bond donors (Lipinski definition) is 1. The number of amides is 1. The van der Waals surface area contributed by atoms with Crippen molar-refractivity contribution in [3.05, 3.63) is 21.9 Å². The summed E-state index contributed by atoms with van der Waals surface area (Å²) in [6.45, 7) is 3.86. The first-order valence-electron chi connectivity index (χ1n) is 5.06. The quantitative estimate of drug-likeness (QED) is 0.851. The molecule has 0 radical (unpaired) electrons. The molecule has 1 unspecified atom stereocenters. The molecule has 1 atom stereocenters. The Hall–Kier alpha value is -0.870. The second-order valence-electron chi connectivity index (χ2n) is 3.58. The highest BCUT2D eigenvalue weighted by atomic mass is 32.1. The van der Waals surface area contributed by atoms with Crippen molar-refractivity contribution in [2.45, 2.75) is 26.3 Å². The summed E-state index contributed by atoms with van der Waals surface area (Å²) < 4.78 is 0. The maximum absolute atomic E-state index is 12.0. The lowest BCUT2D eigenvalue weighted by Gasteiger charge is -2.22. The van der Waals surface area contributed by atoms with Crippen LogP contribution >= 0.6 is 11.3 Å². The molecule has 1 heterocycles. The van der Waals surface area contributed by atoms with Crippen LogP contribution in [0.5, 0.6) is 0 Å². The lowest BCUT2D eigenvalue weighted by atomic mass is 10.2. The molecule has 1 aromatic rings. The Labute approximate surface area is 94.3 Å². The standard InChI is InChI=1S/C11H17NO2S/c1-4-9-5-6-15-10(9)11(14)12(3)8(2)7-13/h5-6,8,13H,4,7H2,1-3H3. The summed E-state index contributed by atoms with van der Waals surface area (Å²) in [5, 5.41) is 10.9. The van der Waals surface area contributed by atoms with Gasteiger partial charge in [-0.15, -0.1) is 11.3 Å². The third-order valence-corrected chi connectivity index (χ3v) is 3.51. The molecule has 0 fully saturated rings. The van der Waals surface area contributed by atoms with Gasteiger partial charge in [0.15, 0.2) is 0 Å². The molecule has 0 spiro atoms. The van der Waals surface area contributed by atoms with E-state index in [0.717, 1.165) is 16.9 Å². The second kappa shape index (κ2) is 5.28. The lowest BCUT2D eigenvalue weighted by molar-refractivity contribution is 0.0686. The zero-order valence-electron chi connectivity index (χ0n) is 9.36. The van der Waals surface area contributed by atoms with Crippen LogP contribution in [0.15, 0.2) is 11.4 Å². The van der Waals surface area contributed by atoms with Crippen LogP contribution in [0.3, 0.4) is 0 Å². The Bertz CT molecular complexity index is 335. The topological polar surface area (TPSA) is 40.5 Å². The zero-order valence-corrected chi connectivity index (χ0v) is 10.2. The van der Waals surface area contributed by atoms with Crippen LogP contribution in [0, 0.1) is 0 Å². The van der Waals surface area contributed by atoms with E-state index in [0.29, 0.717) is 0 Å². The number of rotatable bonds is 4. The summed E-state index contributed by atoms with van der Waals surface area (Å²) >= 11 is 1.47. The van der Waals surface area contributed by atoms with E-state index >= 15 is 0 Å². The molecule has 0 bridgehead atoms. The molecule has 4 heteroatoms. The van der Waals surface area contributed by atoms with Crippen molar-refractivity contribution in [1.29, 1.82) is 0 Å². The third kappa shape index (κ3) is 2.58. The number of aliphatic hydroxyl groups is 1. The molecule has 0 aliphatic heterocycles. The van der Waals surface area contributed by atoms with Crippen LogP contribution in [-0.2, 0) is 6.42 Å². The molecular weight excluding hydrogens is 210 g/mol. The van der Waals surface area contributed by atoms with Crippen molar-refractivity contribution in [1.82, 2.24) is 4.90 Å². The average molecular weight is 227 g/mol. The van der Waals surface area contributed by atoms with Crippen LogP contribution in [0.4, 0.5) is 0 Å². The van der Waals surface area contributed by atoms with Gasteiger partial charge in [0.1, 0.15) is 0 Å². The van der Waals surface area contributed by atoms with Crippen molar-refractivity contribution in [2.24, 2.45) is 0 Å². The molecule has 0 saturated carbocycles. The fourth-order valence-corrected chi connectivity index (χ4v) is 2.26. The predicted octanol–water partition coefficient (Wildman–Crippen LogP) is 1.76. The number of aryl methyl sites for hydroxylation is 1. The second-order valence-corrected chi connectivity index (χ2v) is 4.49. The average Bonchev–Trinajstić information content (AvgIpc) is 2.73. The van der Waals surface area contributed by atoms with Crippen molar-refractivity contribution in [3.63, 3.8) is 0 Å². The van der Waals surface area contributed by atoms with Gasteiger partial charge in [0.25, 0.3) is 5.91 Å². The number of nitrogens with zero attached hydrogens (tertiary/aromatic N) is 1. The molecule has 1 rings (SSSR count). The van der Waals surface area contributed by atoms with Gasteiger partial charge in [-0.05, 0) is 30.4 Å². The largest absolute Gasteiger partial charge is 0.394 e. The van der Waals surface area contributed by atoms with Crippen LogP contribution in [0.1, 0.15) is 29.1 Å². The Morgan fingerprint density at radius 1 is 1.67 bits per heavy atom. The number of likely N-dealkylation sites (N-methyl/N-ethyl adjacent to an activating group) is 1. The molecule has 0 saturated heterocycles. The number of carbonyl (C=O) groups excluding carboxylic acids is 1. The molecule has 1 amide bonds. The molecule has 0 aliphatic rings. The van der Waals surface area contributed by atoms with Gasteiger partial charge >= 0.3 is 0 Å². The molecule has 1 aromatic heterocycles. The van der Waals surface area contributed by atoms with E-state index in [4.69, 9.17) is 5.11 Å². The fourth-order valence-electron chi connectivity index (χ4n) is 1.28. The first-order chi connectivity index (χ1) is 7.11. The fraction of sp³-hybridized carbons (Fsp3) is 0.545. The van der Waals surface area contributed by atoms with Gasteiger partial charge in [0.05, 0.1) is 17.5 Å². The summed E-state index contributed by atoms with van der Waals surface area (Å²) in [4.78, 5) is 14.4. The Balaban J connectivity index is 2.84. The summed E-state index contributed by atoms with van der Waals surface area (Å²) in [6.07, 6.45) is 0.867. The molecule has 0 aromatic carbocycles. The minimum atomic E-state index is -0.135. The molecule has 15 heavy (non-hydrogen) atoms. The van der Waals surface area contributed by atoms with E-state index in [1.165, 1.54) is 11.3 Å². The van der Waals surface area contributed by atoms with Crippen LogP contribution < -0.4 is 0 Å². The highest BCUT2D eigenvalue weighted by Crippen LogP contribution is 2.19. The zero-order chi connectivity index (χ0) is 11.4. The minimum Gasteiger partial charge on any atom is -0.394 e. The van der Waals surface area contributed by atoms with Crippen molar-refractivity contribution < 1.29 is 9.90 Å². The molecular formula is C11H17NO2S. The van der Waals surface area contributed by atoms with Gasteiger partial charge in [-0.2, -0.15) is 0 Å². The Kier molecular flexibility index (Phi) is 4.29. The molecule has 0 aliphatic carbocycles. The Morgan fingerprint density at radius 2 is 2.33 bits per heavy atom. The minimum absolute atomic E-state index is 0.00315. The normalized spacial score (nSPS) is 12.5. The van der Waals surface area contributed by atoms with Crippen LogP contribution in [0.25, 0.3) is 0 Å². The Morgan fingerprint density at radius 3 is 2.87 bits per heavy atom. The number of thiophene rings is 1. The van der Waals surface area contributed by atoms with Crippen LogP contribution in [-0.4, -0.2) is 35.6 Å². The number of aliphatic hydroxyl groups excluding tert-OH is 1. The van der Waals surface area contributed by atoms with Crippen molar-refractivity contribution in [3.8, 4) is 0 Å². The van der Waals surface area contributed by atoms with E-state index in [9.17, 15) is 4.79 Å². The molecule has 84 valence electrons. The number of hydrogen-bond acceptors (Lipinski definition) is 3. The highest BCUT2D eigenvalue weighted by Gasteiger charge is 2.19. The van der Waals surface area contributed by atoms with Gasteiger partial charge in [-0.1, -0.05) is 6.92 Å². The first-order valence-corrected chi connectivity index (χ1v) is 5.94. The van der Waals surface area contributed by atoms with Crippen molar-refractivity contribution in [2.75, 3.05) is 13.7 Å². The van der Waals surface area contributed by atoms with E-state index in [1.807, 2.05) is 25.3 Å². The summed E-state index contributed by atoms with van der Waals surface area (Å²) in [6, 6.07) is 1.85. The first kappa shape index (κ1) is 12.2. The van der Waals surface area contributed by atoms with Gasteiger partial charge in [0.2, 0.25) is 0 Å². The highest BCUT2D eigenvalue weighted by molar-refractivity contribution is 7.12. The van der Waals surface area contributed by atoms with E-state index in [2.05, 4.69) is 0 Å². The van der Waals surface area contributed by atoms with Crippen LogP contribution in [0.2, 0.25) is 0 Å². The lowest BCUT2D eigenvalue weighted by Crippen LogP contribution is -2.37. The third-order valence-electron chi connectivity index (χ3n) is 2.57. The summed E-state index contributed by atoms with van der Waals surface area (Å²) in [5.41, 5.74) is 1.09. The summed E-state index contributed by atoms with van der Waals surface area (Å²) in [5.74, 6) is 0.00315. The predicted molar refractivity (Wildman–Crippen MR) is 62.3 cm³/mol. The number of carbonyl (C=O) groups is 1. The monoisotopic (exact) mass is 227 g/mol.